The van der Waals surface area contributed by atoms with E-state index in [4.69, 9.17) is 14.6 Å². The van der Waals surface area contributed by atoms with Crippen molar-refractivity contribution >= 4 is 0 Å². The maximum Gasteiger partial charge on any atom is 0.161 e. The van der Waals surface area contributed by atoms with Gasteiger partial charge in [0.15, 0.2) is 11.5 Å². The van der Waals surface area contributed by atoms with Gasteiger partial charge >= 0.3 is 0 Å². The predicted molar refractivity (Wildman–Crippen MR) is 86.1 cm³/mol. The molecule has 1 aromatic rings. The molecule has 0 aliphatic carbocycles. The summed E-state index contributed by atoms with van der Waals surface area (Å²) in [6.45, 7) is 9.61. The van der Waals surface area contributed by atoms with Crippen LogP contribution in [0.2, 0.25) is 0 Å². The number of hydrogen-bond acceptors (Lipinski definition) is 4. The third-order valence-corrected chi connectivity index (χ3v) is 3.30. The lowest BCUT2D eigenvalue weighted by molar-refractivity contribution is 0.229. The van der Waals surface area contributed by atoms with Gasteiger partial charge in [-0.1, -0.05) is 26.0 Å². The fourth-order valence-corrected chi connectivity index (χ4v) is 2.15. The lowest BCUT2D eigenvalue weighted by Gasteiger charge is -2.24. The van der Waals surface area contributed by atoms with E-state index in [1.165, 1.54) is 0 Å². The van der Waals surface area contributed by atoms with E-state index in [1.807, 2.05) is 31.2 Å². The van der Waals surface area contributed by atoms with E-state index in [9.17, 15) is 0 Å². The molecule has 0 aliphatic heterocycles. The fraction of sp³-hybridized carbons (Fsp3) is 0.647. The molecule has 0 aliphatic rings. The molecule has 0 atom stereocenters. The van der Waals surface area contributed by atoms with Crippen LogP contribution in [-0.2, 0) is 0 Å². The Hall–Kier alpha value is -1.26. The Labute approximate surface area is 128 Å². The Morgan fingerprint density at radius 2 is 1.81 bits per heavy atom. The Morgan fingerprint density at radius 1 is 1.14 bits per heavy atom. The SMILES string of the molecule is CCOc1ccccc1OCCNCC(C)(C)CCCO. The van der Waals surface area contributed by atoms with E-state index in [-0.39, 0.29) is 12.0 Å². The van der Waals surface area contributed by atoms with Crippen LogP contribution in [0.5, 0.6) is 11.5 Å². The Balaban J connectivity index is 2.25. The van der Waals surface area contributed by atoms with Gasteiger partial charge in [0.2, 0.25) is 0 Å². The average molecular weight is 295 g/mol. The highest BCUT2D eigenvalue weighted by atomic mass is 16.5. The average Bonchev–Trinajstić information content (AvgIpc) is 2.47. The van der Waals surface area contributed by atoms with Crippen molar-refractivity contribution in [3.63, 3.8) is 0 Å². The normalized spacial score (nSPS) is 11.4. The second-order valence-electron chi connectivity index (χ2n) is 5.90. The molecule has 120 valence electrons. The van der Waals surface area contributed by atoms with E-state index in [0.29, 0.717) is 13.2 Å². The maximum absolute atomic E-state index is 8.88. The zero-order valence-corrected chi connectivity index (χ0v) is 13.5. The van der Waals surface area contributed by atoms with Crippen LogP contribution < -0.4 is 14.8 Å². The molecule has 0 spiro atoms. The molecule has 21 heavy (non-hydrogen) atoms. The molecule has 4 nitrogen and oxygen atoms in total. The molecule has 2 N–H and O–H groups in total. The third-order valence-electron chi connectivity index (χ3n) is 3.30. The van der Waals surface area contributed by atoms with Gasteiger partial charge in [-0.25, -0.2) is 0 Å². The molecule has 0 aromatic heterocycles. The fourth-order valence-electron chi connectivity index (χ4n) is 2.15. The second kappa shape index (κ2) is 9.64. The number of aliphatic hydroxyl groups excluding tert-OH is 1. The molecule has 0 saturated carbocycles. The summed E-state index contributed by atoms with van der Waals surface area (Å²) >= 11 is 0. The Kier molecular flexibility index (Phi) is 8.16. The molecule has 1 aromatic carbocycles. The number of benzene rings is 1. The molecular weight excluding hydrogens is 266 g/mol. The van der Waals surface area contributed by atoms with Crippen molar-refractivity contribution in [2.45, 2.75) is 33.6 Å². The van der Waals surface area contributed by atoms with Crippen molar-refractivity contribution < 1.29 is 14.6 Å². The minimum atomic E-state index is 0.200. The zero-order chi connectivity index (χ0) is 15.6. The highest BCUT2D eigenvalue weighted by Crippen LogP contribution is 2.26. The van der Waals surface area contributed by atoms with E-state index in [0.717, 1.165) is 37.4 Å². The summed E-state index contributed by atoms with van der Waals surface area (Å²) in [6, 6.07) is 7.74. The number of para-hydroxylation sites is 2. The number of hydrogen-bond donors (Lipinski definition) is 2. The first-order valence-corrected chi connectivity index (χ1v) is 7.75. The van der Waals surface area contributed by atoms with E-state index in [2.05, 4.69) is 19.2 Å². The lowest BCUT2D eigenvalue weighted by Crippen LogP contribution is -2.32. The first-order valence-electron chi connectivity index (χ1n) is 7.75. The molecule has 4 heteroatoms. The first kappa shape index (κ1) is 17.8. The van der Waals surface area contributed by atoms with Crippen molar-refractivity contribution in [1.82, 2.24) is 5.32 Å². The lowest BCUT2D eigenvalue weighted by atomic mass is 9.88. The first-order chi connectivity index (χ1) is 10.1. The molecule has 0 saturated heterocycles. The largest absolute Gasteiger partial charge is 0.490 e. The number of rotatable bonds is 11. The summed E-state index contributed by atoms with van der Waals surface area (Å²) in [5, 5.41) is 12.3. The van der Waals surface area contributed by atoms with Gasteiger partial charge in [0.25, 0.3) is 0 Å². The van der Waals surface area contributed by atoms with Gasteiger partial charge in [0.05, 0.1) is 6.61 Å². The van der Waals surface area contributed by atoms with Crippen LogP contribution in [0.15, 0.2) is 24.3 Å². The molecule has 1 rings (SSSR count). The van der Waals surface area contributed by atoms with Crippen LogP contribution in [0.1, 0.15) is 33.6 Å². The summed E-state index contributed by atoms with van der Waals surface area (Å²) in [4.78, 5) is 0. The van der Waals surface area contributed by atoms with Gasteiger partial charge in [0, 0.05) is 19.7 Å². The monoisotopic (exact) mass is 295 g/mol. The molecule has 0 unspecified atom stereocenters. The van der Waals surface area contributed by atoms with Crippen molar-refractivity contribution in [2.75, 3.05) is 32.9 Å². The van der Waals surface area contributed by atoms with Crippen LogP contribution in [0, 0.1) is 5.41 Å². The third kappa shape index (κ3) is 7.34. The summed E-state index contributed by atoms with van der Waals surface area (Å²) in [7, 11) is 0. The number of nitrogens with one attached hydrogen (secondary N) is 1. The minimum Gasteiger partial charge on any atom is -0.490 e. The number of ether oxygens (including phenoxy) is 2. The van der Waals surface area contributed by atoms with Gasteiger partial charge in [-0.05, 0) is 37.3 Å². The smallest absolute Gasteiger partial charge is 0.161 e. The molecule has 0 bridgehead atoms. The van der Waals surface area contributed by atoms with Crippen molar-refractivity contribution in [1.29, 1.82) is 0 Å². The molecule has 0 radical (unpaired) electrons. The van der Waals surface area contributed by atoms with Crippen LogP contribution in [0.3, 0.4) is 0 Å². The topological polar surface area (TPSA) is 50.7 Å². The quantitative estimate of drug-likeness (QED) is 0.616. The standard InChI is InChI=1S/C17H29NO3/c1-4-20-15-8-5-6-9-16(15)21-13-11-18-14-17(2,3)10-7-12-19/h5-6,8-9,18-19H,4,7,10-14H2,1-3H3. The predicted octanol–water partition coefficient (Wildman–Crippen LogP) is 2.85. The van der Waals surface area contributed by atoms with Crippen molar-refractivity contribution in [2.24, 2.45) is 5.41 Å². The summed E-state index contributed by atoms with van der Waals surface area (Å²) in [5.74, 6) is 1.59. The highest BCUT2D eigenvalue weighted by Gasteiger charge is 2.16. The van der Waals surface area contributed by atoms with Gasteiger partial charge < -0.3 is 19.9 Å². The summed E-state index contributed by atoms with van der Waals surface area (Å²) in [6.07, 6.45) is 1.87. The van der Waals surface area contributed by atoms with Gasteiger partial charge in [-0.2, -0.15) is 0 Å². The molecule has 0 amide bonds. The maximum atomic E-state index is 8.88. The van der Waals surface area contributed by atoms with Crippen molar-refractivity contribution in [3.05, 3.63) is 24.3 Å². The molecular formula is C17H29NO3. The Morgan fingerprint density at radius 3 is 2.43 bits per heavy atom. The van der Waals surface area contributed by atoms with E-state index >= 15 is 0 Å². The molecule has 0 heterocycles. The van der Waals surface area contributed by atoms with Gasteiger partial charge in [-0.3, -0.25) is 0 Å². The van der Waals surface area contributed by atoms with E-state index < -0.39 is 0 Å². The summed E-state index contributed by atoms with van der Waals surface area (Å²) < 4.78 is 11.3. The van der Waals surface area contributed by atoms with Crippen LogP contribution in [0.25, 0.3) is 0 Å². The van der Waals surface area contributed by atoms with Crippen LogP contribution in [0.4, 0.5) is 0 Å². The highest BCUT2D eigenvalue weighted by molar-refractivity contribution is 5.39. The number of aliphatic hydroxyl groups is 1. The van der Waals surface area contributed by atoms with E-state index in [1.54, 1.807) is 0 Å². The zero-order valence-electron chi connectivity index (χ0n) is 13.5. The molecule has 0 fully saturated rings. The minimum absolute atomic E-state index is 0.200. The van der Waals surface area contributed by atoms with Gasteiger partial charge in [-0.15, -0.1) is 0 Å². The van der Waals surface area contributed by atoms with Crippen LogP contribution >= 0.6 is 0 Å². The van der Waals surface area contributed by atoms with Gasteiger partial charge in [0.1, 0.15) is 6.61 Å². The summed E-state index contributed by atoms with van der Waals surface area (Å²) in [5.41, 5.74) is 0.200. The van der Waals surface area contributed by atoms with Crippen molar-refractivity contribution in [3.8, 4) is 11.5 Å². The second-order valence-corrected chi connectivity index (χ2v) is 5.90. The van der Waals surface area contributed by atoms with Crippen LogP contribution in [-0.4, -0.2) is 38.0 Å². The Bertz CT molecular complexity index is 393.